The molecule has 0 spiro atoms. The third-order valence-corrected chi connectivity index (χ3v) is 4.87. The topological polar surface area (TPSA) is 185 Å². The van der Waals surface area contributed by atoms with Crippen molar-refractivity contribution in [3.8, 4) is 5.75 Å². The van der Waals surface area contributed by atoms with Gasteiger partial charge in [0.25, 0.3) is 5.91 Å². The van der Waals surface area contributed by atoms with E-state index in [-0.39, 0.29) is 24.1 Å². The lowest BCUT2D eigenvalue weighted by Gasteiger charge is -2.39. The number of primary amides is 1. The van der Waals surface area contributed by atoms with Crippen molar-refractivity contribution < 1.29 is 19.7 Å². The number of carbonyl (C=O) groups excluding carboxylic acids is 1. The molecule has 12 heteroatoms. The van der Waals surface area contributed by atoms with Crippen molar-refractivity contribution >= 4 is 40.7 Å². The number of aliphatic hydroxyl groups is 2. The van der Waals surface area contributed by atoms with Gasteiger partial charge in [0.1, 0.15) is 36.2 Å². The fourth-order valence-corrected chi connectivity index (χ4v) is 3.08. The van der Waals surface area contributed by atoms with Gasteiger partial charge in [-0.15, -0.1) is 0 Å². The minimum Gasteiger partial charge on any atom is -0.491 e. The molecule has 0 saturated carbocycles. The number of hydrogen-bond donors (Lipinski definition) is 6. The van der Waals surface area contributed by atoms with Crippen LogP contribution in [-0.2, 0) is 4.79 Å². The van der Waals surface area contributed by atoms with Gasteiger partial charge in [0.15, 0.2) is 5.50 Å². The Labute approximate surface area is 185 Å². The van der Waals surface area contributed by atoms with Gasteiger partial charge in [0, 0.05) is 12.2 Å². The lowest BCUT2D eigenvalue weighted by Crippen LogP contribution is -2.64. The van der Waals surface area contributed by atoms with Crippen molar-refractivity contribution in [3.05, 3.63) is 24.3 Å². The number of guanidine groups is 1. The number of unbranched alkanes of at least 4 members (excludes halogenated alkanes) is 1. The second-order valence-electron chi connectivity index (χ2n) is 6.88. The van der Waals surface area contributed by atoms with Crippen molar-refractivity contribution in [3.63, 3.8) is 0 Å². The number of anilines is 1. The summed E-state index contributed by atoms with van der Waals surface area (Å²) in [6.07, 6.45) is -0.579. The molecule has 2 unspecified atom stereocenters. The molecule has 8 N–H and O–H groups in total. The Morgan fingerprint density at radius 3 is 2.61 bits per heavy atom. The minimum absolute atomic E-state index is 0.0582. The molecule has 0 aromatic heterocycles. The second kappa shape index (κ2) is 11.0. The largest absolute Gasteiger partial charge is 0.491 e. The van der Waals surface area contributed by atoms with Crippen LogP contribution in [0.1, 0.15) is 19.8 Å². The Morgan fingerprint density at radius 1 is 1.42 bits per heavy atom. The SMILES string of the molecule is CCCCN(C(=N)N1C(=N)C(Cl)N=C(C(N)=O)C1N)c1ccc(OC[C@H](O)CO)cc1. The molecule has 0 fully saturated rings. The van der Waals surface area contributed by atoms with Crippen LogP contribution in [-0.4, -0.2) is 76.1 Å². The second-order valence-corrected chi connectivity index (χ2v) is 7.30. The summed E-state index contributed by atoms with van der Waals surface area (Å²) in [6, 6.07) is 6.75. The van der Waals surface area contributed by atoms with E-state index in [1.807, 2.05) is 6.92 Å². The van der Waals surface area contributed by atoms with Gasteiger partial charge in [0.2, 0.25) is 5.96 Å². The average molecular weight is 454 g/mol. The summed E-state index contributed by atoms with van der Waals surface area (Å²) in [5.41, 5.74) is 10.7. The van der Waals surface area contributed by atoms with Crippen molar-refractivity contribution in [1.82, 2.24) is 4.90 Å². The first kappa shape index (κ1) is 24.5. The molecule has 0 saturated heterocycles. The van der Waals surface area contributed by atoms with E-state index in [1.165, 1.54) is 0 Å². The standard InChI is InChI=1S/C19H28ClN7O4/c1-2-3-8-26(11-4-6-13(7-5-11)31-10-12(29)9-28)19(24)27-16(21)14(18(23)30)25-15(20)17(27)22/h4-7,12,15-16,22,24,28-29H,2-3,8-10,21H2,1H3,(H2,23,30)/t12-,15?,16?/m1/s1. The Morgan fingerprint density at radius 2 is 2.06 bits per heavy atom. The molecule has 0 aliphatic carbocycles. The van der Waals surface area contributed by atoms with Gasteiger partial charge < -0.3 is 31.3 Å². The highest BCUT2D eigenvalue weighted by Crippen LogP contribution is 2.24. The van der Waals surface area contributed by atoms with Crippen LogP contribution < -0.4 is 21.1 Å². The molecule has 3 atom stereocenters. The van der Waals surface area contributed by atoms with Crippen molar-refractivity contribution in [2.75, 3.05) is 24.7 Å². The highest BCUT2D eigenvalue weighted by Gasteiger charge is 2.38. The summed E-state index contributed by atoms with van der Waals surface area (Å²) in [5, 5.41) is 35.3. The molecule has 2 rings (SSSR count). The zero-order chi connectivity index (χ0) is 23.1. The third kappa shape index (κ3) is 5.91. The number of rotatable bonds is 9. The number of aliphatic hydroxyl groups excluding tert-OH is 2. The number of amides is 1. The van der Waals surface area contributed by atoms with Crippen LogP contribution in [0.25, 0.3) is 0 Å². The predicted octanol–water partition coefficient (Wildman–Crippen LogP) is 0.0287. The quantitative estimate of drug-likeness (QED) is 0.132. The number of hydrogen-bond acceptors (Lipinski definition) is 8. The number of carbonyl (C=O) groups is 1. The zero-order valence-corrected chi connectivity index (χ0v) is 17.9. The van der Waals surface area contributed by atoms with Gasteiger partial charge in [-0.3, -0.25) is 25.5 Å². The highest BCUT2D eigenvalue weighted by molar-refractivity contribution is 6.45. The monoisotopic (exact) mass is 453 g/mol. The van der Waals surface area contributed by atoms with Crippen molar-refractivity contribution in [1.29, 1.82) is 10.8 Å². The number of nitrogens with zero attached hydrogens (tertiary/aromatic N) is 3. The van der Waals surface area contributed by atoms with E-state index in [1.54, 1.807) is 29.2 Å². The molecule has 11 nitrogen and oxygen atoms in total. The number of aliphatic imine (C=N–C) groups is 1. The smallest absolute Gasteiger partial charge is 0.266 e. The van der Waals surface area contributed by atoms with E-state index in [2.05, 4.69) is 4.99 Å². The number of alkyl halides is 1. The van der Waals surface area contributed by atoms with Gasteiger partial charge in [-0.05, 0) is 30.7 Å². The number of halogens is 1. The minimum atomic E-state index is -1.21. The molecular formula is C19H28ClN7O4. The summed E-state index contributed by atoms with van der Waals surface area (Å²) in [5.74, 6) is -0.766. The summed E-state index contributed by atoms with van der Waals surface area (Å²) in [6.45, 7) is 2.00. The molecule has 1 aliphatic heterocycles. The van der Waals surface area contributed by atoms with E-state index in [9.17, 15) is 9.90 Å². The van der Waals surface area contributed by atoms with Gasteiger partial charge in [-0.2, -0.15) is 0 Å². The van der Waals surface area contributed by atoms with Crippen LogP contribution in [0.3, 0.4) is 0 Å². The van der Waals surface area contributed by atoms with Crippen molar-refractivity contribution in [2.24, 2.45) is 16.5 Å². The highest BCUT2D eigenvalue weighted by atomic mass is 35.5. The van der Waals surface area contributed by atoms with E-state index >= 15 is 0 Å². The van der Waals surface area contributed by atoms with Crippen LogP contribution in [0.5, 0.6) is 5.75 Å². The van der Waals surface area contributed by atoms with Crippen LogP contribution in [0.4, 0.5) is 5.69 Å². The van der Waals surface area contributed by atoms with Crippen molar-refractivity contribution in [2.45, 2.75) is 37.5 Å². The number of benzene rings is 1. The van der Waals surface area contributed by atoms with E-state index in [0.717, 1.165) is 17.7 Å². The first-order valence-electron chi connectivity index (χ1n) is 9.73. The molecule has 1 heterocycles. The van der Waals surface area contributed by atoms with Crippen LogP contribution in [0.2, 0.25) is 0 Å². The summed E-state index contributed by atoms with van der Waals surface area (Å²) < 4.78 is 5.41. The fourth-order valence-electron chi connectivity index (χ4n) is 2.87. The van der Waals surface area contributed by atoms with Crippen LogP contribution in [0.15, 0.2) is 29.3 Å². The number of amidine groups is 1. The van der Waals surface area contributed by atoms with Gasteiger partial charge >= 0.3 is 0 Å². The Balaban J connectivity index is 2.29. The number of nitrogens with one attached hydrogen (secondary N) is 2. The number of ether oxygens (including phenoxy) is 1. The third-order valence-electron chi connectivity index (χ3n) is 4.57. The first-order valence-corrected chi connectivity index (χ1v) is 10.2. The fraction of sp³-hybridized carbons (Fsp3) is 0.474. The molecule has 1 aromatic carbocycles. The maximum absolute atomic E-state index is 11.7. The molecular weight excluding hydrogens is 426 g/mol. The lowest BCUT2D eigenvalue weighted by atomic mass is 10.2. The molecule has 0 radical (unpaired) electrons. The summed E-state index contributed by atoms with van der Waals surface area (Å²) in [4.78, 5) is 18.3. The van der Waals surface area contributed by atoms with E-state index < -0.39 is 30.3 Å². The Hall–Kier alpha value is -2.73. The molecule has 31 heavy (non-hydrogen) atoms. The lowest BCUT2D eigenvalue weighted by molar-refractivity contribution is -0.112. The molecule has 1 amide bonds. The average Bonchev–Trinajstić information content (AvgIpc) is 2.75. The Bertz CT molecular complexity index is 833. The van der Waals surface area contributed by atoms with E-state index in [4.69, 9.17) is 43.7 Å². The zero-order valence-electron chi connectivity index (χ0n) is 17.2. The molecule has 170 valence electrons. The van der Waals surface area contributed by atoms with Gasteiger partial charge in [-0.1, -0.05) is 24.9 Å². The summed E-state index contributed by atoms with van der Waals surface area (Å²) in [7, 11) is 0. The Kier molecular flexibility index (Phi) is 8.75. The van der Waals surface area contributed by atoms with Gasteiger partial charge in [0.05, 0.1) is 6.61 Å². The van der Waals surface area contributed by atoms with Gasteiger partial charge in [-0.25, -0.2) is 0 Å². The first-order chi connectivity index (χ1) is 14.7. The summed E-state index contributed by atoms with van der Waals surface area (Å²) >= 11 is 6.07. The maximum atomic E-state index is 11.7. The molecule has 1 aliphatic rings. The maximum Gasteiger partial charge on any atom is 0.266 e. The van der Waals surface area contributed by atoms with Crippen LogP contribution >= 0.6 is 11.6 Å². The molecule has 0 bridgehead atoms. The number of nitrogens with two attached hydrogens (primary N) is 2. The molecule has 1 aromatic rings. The van der Waals surface area contributed by atoms with Crippen LogP contribution in [0, 0.1) is 10.8 Å². The predicted molar refractivity (Wildman–Crippen MR) is 119 cm³/mol. The normalized spacial score (nSPS) is 19.6. The van der Waals surface area contributed by atoms with E-state index in [0.29, 0.717) is 18.0 Å².